The molecule has 1 N–H and O–H groups in total. The quantitative estimate of drug-likeness (QED) is 0.871. The van der Waals surface area contributed by atoms with Gasteiger partial charge in [-0.3, -0.25) is 4.79 Å². The predicted octanol–water partition coefficient (Wildman–Crippen LogP) is 3.11. The van der Waals surface area contributed by atoms with Crippen LogP contribution in [0.3, 0.4) is 0 Å². The smallest absolute Gasteiger partial charge is 0.258 e. The van der Waals surface area contributed by atoms with Crippen molar-refractivity contribution in [3.05, 3.63) is 46.7 Å². The van der Waals surface area contributed by atoms with Crippen LogP contribution < -0.4 is 14.8 Å². The standard InChI is InChI=1S/C14H13BrN2O3/c1-19-10-6-9(7-11(8-10)20-2)17-14(18)12-4-3-5-16-13(12)15/h3-8H,1-2H3,(H,17,18). The van der Waals surface area contributed by atoms with E-state index < -0.39 is 0 Å². The zero-order valence-corrected chi connectivity index (χ0v) is 12.6. The molecule has 1 heterocycles. The number of ether oxygens (including phenoxy) is 2. The molecule has 2 rings (SSSR count). The van der Waals surface area contributed by atoms with Crippen molar-refractivity contribution in [1.29, 1.82) is 0 Å². The average Bonchev–Trinajstić information content (AvgIpc) is 2.47. The van der Waals surface area contributed by atoms with Gasteiger partial charge in [-0.25, -0.2) is 4.98 Å². The van der Waals surface area contributed by atoms with Crippen LogP contribution in [0.15, 0.2) is 41.1 Å². The van der Waals surface area contributed by atoms with Gasteiger partial charge in [-0.1, -0.05) is 0 Å². The number of pyridine rings is 1. The lowest BCUT2D eigenvalue weighted by atomic mass is 10.2. The van der Waals surface area contributed by atoms with Crippen LogP contribution in [0.2, 0.25) is 0 Å². The maximum Gasteiger partial charge on any atom is 0.258 e. The molecule has 2 aromatic rings. The number of aromatic nitrogens is 1. The van der Waals surface area contributed by atoms with Gasteiger partial charge >= 0.3 is 0 Å². The van der Waals surface area contributed by atoms with Crippen molar-refractivity contribution in [3.8, 4) is 11.5 Å². The number of methoxy groups -OCH3 is 2. The molecule has 0 unspecified atom stereocenters. The maximum absolute atomic E-state index is 12.2. The fourth-order valence-corrected chi connectivity index (χ4v) is 2.06. The van der Waals surface area contributed by atoms with Gasteiger partial charge < -0.3 is 14.8 Å². The molecule has 1 aromatic heterocycles. The Labute approximate surface area is 125 Å². The van der Waals surface area contributed by atoms with Crippen LogP contribution in [0.1, 0.15) is 10.4 Å². The van der Waals surface area contributed by atoms with E-state index >= 15 is 0 Å². The van der Waals surface area contributed by atoms with Crippen molar-refractivity contribution in [2.75, 3.05) is 19.5 Å². The maximum atomic E-state index is 12.2. The van der Waals surface area contributed by atoms with Crippen molar-refractivity contribution >= 4 is 27.5 Å². The molecule has 1 amide bonds. The summed E-state index contributed by atoms with van der Waals surface area (Å²) in [5.74, 6) is 0.940. The van der Waals surface area contributed by atoms with Gasteiger partial charge in [0.25, 0.3) is 5.91 Å². The van der Waals surface area contributed by atoms with Crippen LogP contribution in [0.25, 0.3) is 0 Å². The average molecular weight is 337 g/mol. The molecule has 1 aromatic carbocycles. The van der Waals surface area contributed by atoms with E-state index in [1.54, 1.807) is 50.7 Å². The molecule has 5 nitrogen and oxygen atoms in total. The summed E-state index contributed by atoms with van der Waals surface area (Å²) in [4.78, 5) is 16.2. The van der Waals surface area contributed by atoms with Crippen molar-refractivity contribution < 1.29 is 14.3 Å². The van der Waals surface area contributed by atoms with E-state index in [0.29, 0.717) is 27.4 Å². The highest BCUT2D eigenvalue weighted by atomic mass is 79.9. The van der Waals surface area contributed by atoms with E-state index in [9.17, 15) is 4.79 Å². The number of nitrogens with one attached hydrogen (secondary N) is 1. The molecule has 0 saturated carbocycles. The van der Waals surface area contributed by atoms with Crippen molar-refractivity contribution in [2.45, 2.75) is 0 Å². The summed E-state index contributed by atoms with van der Waals surface area (Å²) in [5.41, 5.74) is 1.04. The van der Waals surface area contributed by atoms with E-state index in [-0.39, 0.29) is 5.91 Å². The Morgan fingerprint density at radius 3 is 2.40 bits per heavy atom. The van der Waals surface area contributed by atoms with Crippen LogP contribution in [-0.2, 0) is 0 Å². The number of carbonyl (C=O) groups excluding carboxylic acids is 1. The number of hydrogen-bond donors (Lipinski definition) is 1. The molecule has 0 aliphatic rings. The van der Waals surface area contributed by atoms with Crippen molar-refractivity contribution in [3.63, 3.8) is 0 Å². The number of hydrogen-bond acceptors (Lipinski definition) is 4. The monoisotopic (exact) mass is 336 g/mol. The Hall–Kier alpha value is -2.08. The minimum Gasteiger partial charge on any atom is -0.497 e. The molecule has 0 bridgehead atoms. The van der Waals surface area contributed by atoms with E-state index in [1.807, 2.05) is 0 Å². The highest BCUT2D eigenvalue weighted by Crippen LogP contribution is 2.26. The fourth-order valence-electron chi connectivity index (χ4n) is 1.63. The van der Waals surface area contributed by atoms with Crippen molar-refractivity contribution in [1.82, 2.24) is 4.98 Å². The summed E-state index contributed by atoms with van der Waals surface area (Å²) >= 11 is 3.25. The number of nitrogens with zero attached hydrogens (tertiary/aromatic N) is 1. The number of anilines is 1. The summed E-state index contributed by atoms with van der Waals surface area (Å²) in [6.07, 6.45) is 1.61. The van der Waals surface area contributed by atoms with Gasteiger partial charge in [0.15, 0.2) is 0 Å². The van der Waals surface area contributed by atoms with Gasteiger partial charge in [-0.2, -0.15) is 0 Å². The van der Waals surface area contributed by atoms with Crippen molar-refractivity contribution in [2.24, 2.45) is 0 Å². The molecule has 0 atom stereocenters. The highest BCUT2D eigenvalue weighted by Gasteiger charge is 2.11. The highest BCUT2D eigenvalue weighted by molar-refractivity contribution is 9.10. The van der Waals surface area contributed by atoms with Gasteiger partial charge in [-0.05, 0) is 28.1 Å². The second kappa shape index (κ2) is 6.38. The molecule has 0 saturated heterocycles. The second-order valence-corrected chi connectivity index (χ2v) is 4.65. The third kappa shape index (κ3) is 3.27. The van der Waals surface area contributed by atoms with Crippen LogP contribution in [-0.4, -0.2) is 25.1 Å². The Bertz CT molecular complexity index is 609. The molecule has 0 aliphatic carbocycles. The minimum absolute atomic E-state index is 0.264. The van der Waals surface area contributed by atoms with Crippen LogP contribution in [0, 0.1) is 0 Å². The first-order valence-corrected chi connectivity index (χ1v) is 6.58. The number of amides is 1. The topological polar surface area (TPSA) is 60.5 Å². The molecule has 0 fully saturated rings. The fraction of sp³-hybridized carbons (Fsp3) is 0.143. The summed E-state index contributed by atoms with van der Waals surface area (Å²) in [5, 5.41) is 2.78. The number of rotatable bonds is 4. The summed E-state index contributed by atoms with van der Waals surface area (Å²) < 4.78 is 10.8. The Morgan fingerprint density at radius 1 is 1.20 bits per heavy atom. The largest absolute Gasteiger partial charge is 0.497 e. The van der Waals surface area contributed by atoms with E-state index in [0.717, 1.165) is 0 Å². The SMILES string of the molecule is COc1cc(NC(=O)c2cccnc2Br)cc(OC)c1. The molecule has 104 valence electrons. The number of carbonyl (C=O) groups is 1. The van der Waals surface area contributed by atoms with Gasteiger partial charge in [0.05, 0.1) is 19.8 Å². The second-order valence-electron chi connectivity index (χ2n) is 3.90. The number of benzene rings is 1. The van der Waals surface area contributed by atoms with Crippen LogP contribution >= 0.6 is 15.9 Å². The summed E-state index contributed by atoms with van der Waals surface area (Å²) in [6, 6.07) is 8.54. The zero-order chi connectivity index (χ0) is 14.5. The van der Waals surface area contributed by atoms with Gasteiger partial charge in [-0.15, -0.1) is 0 Å². The molecule has 0 spiro atoms. The summed E-state index contributed by atoms with van der Waals surface area (Å²) in [7, 11) is 3.11. The molecular formula is C14H13BrN2O3. The van der Waals surface area contributed by atoms with Crippen LogP contribution in [0.4, 0.5) is 5.69 Å². The summed E-state index contributed by atoms with van der Waals surface area (Å²) in [6.45, 7) is 0. The first-order chi connectivity index (χ1) is 9.63. The lowest BCUT2D eigenvalue weighted by molar-refractivity contribution is 0.102. The lowest BCUT2D eigenvalue weighted by Gasteiger charge is -2.10. The Kier molecular flexibility index (Phi) is 4.57. The minimum atomic E-state index is -0.264. The molecule has 20 heavy (non-hydrogen) atoms. The number of halogens is 1. The molecule has 0 radical (unpaired) electrons. The molecular weight excluding hydrogens is 324 g/mol. The first kappa shape index (κ1) is 14.3. The lowest BCUT2D eigenvalue weighted by Crippen LogP contribution is -2.13. The van der Waals surface area contributed by atoms with E-state index in [4.69, 9.17) is 9.47 Å². The zero-order valence-electron chi connectivity index (χ0n) is 11.0. The van der Waals surface area contributed by atoms with E-state index in [1.165, 1.54) is 0 Å². The first-order valence-electron chi connectivity index (χ1n) is 5.79. The van der Waals surface area contributed by atoms with Gasteiger partial charge in [0.1, 0.15) is 16.1 Å². The third-order valence-corrected chi connectivity index (χ3v) is 3.24. The molecule has 6 heteroatoms. The normalized spacial score (nSPS) is 9.95. The van der Waals surface area contributed by atoms with Gasteiger partial charge in [0, 0.05) is 30.1 Å². The third-order valence-electron chi connectivity index (χ3n) is 2.61. The Balaban J connectivity index is 2.26. The Morgan fingerprint density at radius 2 is 1.85 bits per heavy atom. The van der Waals surface area contributed by atoms with Gasteiger partial charge in [0.2, 0.25) is 0 Å². The molecule has 0 aliphatic heterocycles. The predicted molar refractivity (Wildman–Crippen MR) is 79.4 cm³/mol. The van der Waals surface area contributed by atoms with Crippen LogP contribution in [0.5, 0.6) is 11.5 Å². The van der Waals surface area contributed by atoms with E-state index in [2.05, 4.69) is 26.2 Å².